The SMILES string of the molecule is CCCCCCCCCCCC/C=C/CC/C=C/CC/C=C/CC[C@@H](O)CCO[Si](c1ccccc1)(c1ccccc1)C(C)(C)C. The third kappa shape index (κ3) is 16.1. The van der Waals surface area contributed by atoms with E-state index in [1.165, 1.54) is 81.0 Å². The van der Waals surface area contributed by atoms with Crippen LogP contribution < -0.4 is 10.4 Å². The first-order valence-electron chi connectivity index (χ1n) is 18.8. The fraction of sp³-hybridized carbons (Fsp3) is 0.581. The molecule has 0 aliphatic rings. The predicted molar refractivity (Wildman–Crippen MR) is 206 cm³/mol. The van der Waals surface area contributed by atoms with E-state index in [2.05, 4.69) is 125 Å². The molecule has 2 nitrogen and oxygen atoms in total. The molecule has 2 aromatic carbocycles. The van der Waals surface area contributed by atoms with Gasteiger partial charge in [0.25, 0.3) is 8.32 Å². The van der Waals surface area contributed by atoms with Crippen LogP contribution in [0.25, 0.3) is 0 Å². The van der Waals surface area contributed by atoms with Crippen molar-refractivity contribution < 1.29 is 9.53 Å². The Bertz CT molecular complexity index is 1030. The molecule has 2 aromatic rings. The van der Waals surface area contributed by atoms with Crippen LogP contribution in [-0.2, 0) is 4.43 Å². The molecular weight excluding hydrogens is 577 g/mol. The summed E-state index contributed by atoms with van der Waals surface area (Å²) < 4.78 is 6.94. The lowest BCUT2D eigenvalue weighted by Crippen LogP contribution is -2.66. The Hall–Kier alpha value is -2.20. The Morgan fingerprint density at radius 1 is 0.565 bits per heavy atom. The molecule has 1 N–H and O–H groups in total. The van der Waals surface area contributed by atoms with Crippen molar-refractivity contribution in [2.75, 3.05) is 6.61 Å². The predicted octanol–water partition coefficient (Wildman–Crippen LogP) is 11.6. The van der Waals surface area contributed by atoms with Crippen molar-refractivity contribution in [3.63, 3.8) is 0 Å². The number of unbranched alkanes of at least 4 members (excludes halogenated alkanes) is 12. The summed E-state index contributed by atoms with van der Waals surface area (Å²) in [6.07, 6.45) is 35.7. The third-order valence-electron chi connectivity index (χ3n) is 9.08. The van der Waals surface area contributed by atoms with Crippen LogP contribution in [0.3, 0.4) is 0 Å². The Morgan fingerprint density at radius 2 is 0.978 bits per heavy atom. The molecule has 0 spiro atoms. The molecule has 46 heavy (non-hydrogen) atoms. The lowest BCUT2D eigenvalue weighted by atomic mass is 10.1. The number of rotatable bonds is 26. The normalized spacial score (nSPS) is 13.4. The van der Waals surface area contributed by atoms with E-state index in [1.807, 2.05) is 0 Å². The van der Waals surface area contributed by atoms with E-state index >= 15 is 0 Å². The van der Waals surface area contributed by atoms with Crippen LogP contribution in [0.2, 0.25) is 5.04 Å². The molecule has 0 saturated heterocycles. The summed E-state index contributed by atoms with van der Waals surface area (Å²) in [7, 11) is -2.53. The van der Waals surface area contributed by atoms with Gasteiger partial charge < -0.3 is 9.53 Å². The van der Waals surface area contributed by atoms with Gasteiger partial charge in [0.2, 0.25) is 0 Å². The van der Waals surface area contributed by atoms with Gasteiger partial charge in [-0.2, -0.15) is 0 Å². The molecule has 1 atom stereocenters. The van der Waals surface area contributed by atoms with Gasteiger partial charge in [0.1, 0.15) is 0 Å². The summed E-state index contributed by atoms with van der Waals surface area (Å²) in [5, 5.41) is 13.3. The van der Waals surface area contributed by atoms with Crippen molar-refractivity contribution in [2.45, 2.75) is 154 Å². The van der Waals surface area contributed by atoms with Crippen molar-refractivity contribution >= 4 is 18.7 Å². The van der Waals surface area contributed by atoms with Gasteiger partial charge in [-0.05, 0) is 73.2 Å². The van der Waals surface area contributed by atoms with Gasteiger partial charge in [0.05, 0.1) is 6.10 Å². The molecule has 3 heteroatoms. The van der Waals surface area contributed by atoms with Crippen LogP contribution in [0.5, 0.6) is 0 Å². The molecule has 0 aromatic heterocycles. The van der Waals surface area contributed by atoms with Gasteiger partial charge in [0.15, 0.2) is 0 Å². The minimum atomic E-state index is -2.53. The number of benzene rings is 2. The Balaban J connectivity index is 1.55. The molecule has 0 aliphatic carbocycles. The topological polar surface area (TPSA) is 29.5 Å². The second-order valence-electron chi connectivity index (χ2n) is 14.1. The van der Waals surface area contributed by atoms with Gasteiger partial charge in [-0.1, -0.05) is 183 Å². The highest BCUT2D eigenvalue weighted by atomic mass is 28.4. The van der Waals surface area contributed by atoms with Gasteiger partial charge >= 0.3 is 0 Å². The molecule has 0 aliphatic heterocycles. The lowest BCUT2D eigenvalue weighted by molar-refractivity contribution is 0.129. The second-order valence-corrected chi connectivity index (χ2v) is 18.4. The van der Waals surface area contributed by atoms with Crippen molar-refractivity contribution in [3.8, 4) is 0 Å². The number of hydrogen-bond acceptors (Lipinski definition) is 2. The monoisotopic (exact) mass is 644 g/mol. The lowest BCUT2D eigenvalue weighted by Gasteiger charge is -2.43. The van der Waals surface area contributed by atoms with E-state index in [1.54, 1.807) is 0 Å². The molecule has 0 bridgehead atoms. The standard InChI is InChI=1S/C43H68O2Si/c1-5-6-7-8-9-10-11-12-13-14-15-16-17-18-19-20-21-22-23-24-25-28-33-40(44)38-39-45-46(43(2,3)4,41-34-29-26-30-35-41)42-36-31-27-32-37-42/h16-17,20-21,24-27,29-32,34-37,40,44H,5-15,18-19,22-23,28,33,38-39H2,1-4H3/b17-16+,21-20+,25-24+/t40-/m1/s1. The Morgan fingerprint density at radius 3 is 1.43 bits per heavy atom. The maximum Gasteiger partial charge on any atom is 0.261 e. The first-order chi connectivity index (χ1) is 22.4. The molecule has 0 radical (unpaired) electrons. The third-order valence-corrected chi connectivity index (χ3v) is 14.1. The smallest absolute Gasteiger partial charge is 0.261 e. The first-order valence-corrected chi connectivity index (χ1v) is 20.7. The summed E-state index contributed by atoms with van der Waals surface area (Å²) in [5.74, 6) is 0. The fourth-order valence-corrected chi connectivity index (χ4v) is 11.0. The minimum absolute atomic E-state index is 0.0410. The first kappa shape index (κ1) is 40.0. The molecule has 256 valence electrons. The maximum atomic E-state index is 10.7. The largest absolute Gasteiger partial charge is 0.407 e. The van der Waals surface area contributed by atoms with Crippen LogP contribution in [0.15, 0.2) is 97.1 Å². The zero-order chi connectivity index (χ0) is 33.2. The Kier molecular flexibility index (Phi) is 21.6. The molecule has 2 rings (SSSR count). The van der Waals surface area contributed by atoms with Crippen LogP contribution in [0, 0.1) is 0 Å². The van der Waals surface area contributed by atoms with Crippen LogP contribution in [-0.4, -0.2) is 26.1 Å². The van der Waals surface area contributed by atoms with E-state index < -0.39 is 8.32 Å². The van der Waals surface area contributed by atoms with Gasteiger partial charge in [-0.3, -0.25) is 0 Å². The van der Waals surface area contributed by atoms with E-state index in [0.717, 1.165) is 38.5 Å². The average Bonchev–Trinajstić information content (AvgIpc) is 3.05. The summed E-state index contributed by atoms with van der Waals surface area (Å²) in [6, 6.07) is 21.5. The van der Waals surface area contributed by atoms with Gasteiger partial charge in [-0.25, -0.2) is 0 Å². The summed E-state index contributed by atoms with van der Waals surface area (Å²) in [5.41, 5.74) is 0. The molecule has 0 saturated carbocycles. The molecule has 0 fully saturated rings. The van der Waals surface area contributed by atoms with Gasteiger partial charge in [0, 0.05) is 6.61 Å². The van der Waals surface area contributed by atoms with E-state index in [0.29, 0.717) is 13.0 Å². The van der Waals surface area contributed by atoms with Crippen molar-refractivity contribution in [2.24, 2.45) is 0 Å². The Labute approximate surface area is 285 Å². The number of aliphatic hydroxyl groups is 1. The van der Waals surface area contributed by atoms with Crippen LogP contribution >= 0.6 is 0 Å². The van der Waals surface area contributed by atoms with Gasteiger partial charge in [-0.15, -0.1) is 0 Å². The fourth-order valence-electron chi connectivity index (χ4n) is 6.38. The minimum Gasteiger partial charge on any atom is -0.407 e. The molecule has 0 amide bonds. The molecular formula is C43H68O2Si. The zero-order valence-corrected chi connectivity index (χ0v) is 31.1. The van der Waals surface area contributed by atoms with Crippen LogP contribution in [0.1, 0.15) is 143 Å². The second kappa shape index (κ2) is 24.9. The quantitative estimate of drug-likeness (QED) is 0.0627. The highest BCUT2D eigenvalue weighted by molar-refractivity contribution is 6.99. The summed E-state index contributed by atoms with van der Waals surface area (Å²) in [6.45, 7) is 9.75. The van der Waals surface area contributed by atoms with E-state index in [9.17, 15) is 5.11 Å². The highest BCUT2D eigenvalue weighted by Crippen LogP contribution is 2.36. The molecule has 0 unspecified atom stereocenters. The molecule has 0 heterocycles. The van der Waals surface area contributed by atoms with E-state index in [-0.39, 0.29) is 11.1 Å². The average molecular weight is 645 g/mol. The number of hydrogen-bond donors (Lipinski definition) is 1. The zero-order valence-electron chi connectivity index (χ0n) is 30.1. The van der Waals surface area contributed by atoms with Crippen molar-refractivity contribution in [1.82, 2.24) is 0 Å². The maximum absolute atomic E-state index is 10.7. The van der Waals surface area contributed by atoms with Crippen molar-refractivity contribution in [1.29, 1.82) is 0 Å². The number of allylic oxidation sites excluding steroid dienone is 6. The van der Waals surface area contributed by atoms with Crippen molar-refractivity contribution in [3.05, 3.63) is 97.1 Å². The summed E-state index contributed by atoms with van der Waals surface area (Å²) in [4.78, 5) is 0. The van der Waals surface area contributed by atoms with E-state index in [4.69, 9.17) is 4.43 Å². The highest BCUT2D eigenvalue weighted by Gasteiger charge is 2.50. The van der Waals surface area contributed by atoms with Crippen LogP contribution in [0.4, 0.5) is 0 Å². The number of aliphatic hydroxyl groups excluding tert-OH is 1. The summed E-state index contributed by atoms with van der Waals surface area (Å²) >= 11 is 0.